The van der Waals surface area contributed by atoms with Crippen molar-refractivity contribution in [3.05, 3.63) is 106 Å². The number of carbonyl (C=O) groups is 2. The number of hydrogen-bond acceptors (Lipinski definition) is 5. The summed E-state index contributed by atoms with van der Waals surface area (Å²) in [6, 6.07) is 22.5. The lowest BCUT2D eigenvalue weighted by molar-refractivity contribution is -0.139. The van der Waals surface area contributed by atoms with Crippen molar-refractivity contribution < 1.29 is 19.4 Å². The van der Waals surface area contributed by atoms with Gasteiger partial charge in [-0.1, -0.05) is 61.5 Å². The predicted molar refractivity (Wildman–Crippen MR) is 150 cm³/mol. The van der Waals surface area contributed by atoms with Crippen molar-refractivity contribution in [2.45, 2.75) is 39.3 Å². The first-order valence-corrected chi connectivity index (χ1v) is 13.1. The van der Waals surface area contributed by atoms with E-state index in [0.717, 1.165) is 36.1 Å². The van der Waals surface area contributed by atoms with Gasteiger partial charge in [-0.15, -0.1) is 0 Å². The van der Waals surface area contributed by atoms with Crippen LogP contribution in [-0.4, -0.2) is 53.8 Å². The van der Waals surface area contributed by atoms with E-state index in [9.17, 15) is 14.7 Å². The monoisotopic (exact) mass is 512 g/mol. The van der Waals surface area contributed by atoms with Gasteiger partial charge in [-0.2, -0.15) is 0 Å². The van der Waals surface area contributed by atoms with Crippen molar-refractivity contribution in [1.82, 2.24) is 9.80 Å². The van der Waals surface area contributed by atoms with Crippen molar-refractivity contribution in [1.29, 1.82) is 0 Å². The van der Waals surface area contributed by atoms with Gasteiger partial charge in [0.2, 0.25) is 0 Å². The van der Waals surface area contributed by atoms with Crippen molar-refractivity contribution >= 4 is 17.4 Å². The van der Waals surface area contributed by atoms with Crippen LogP contribution < -0.4 is 4.74 Å². The van der Waals surface area contributed by atoms with Gasteiger partial charge < -0.3 is 19.6 Å². The van der Waals surface area contributed by atoms with Crippen LogP contribution in [0, 0.1) is 6.92 Å². The molecule has 4 rings (SSSR count). The second kappa shape index (κ2) is 12.1. The number of hydrogen-bond donors (Lipinski definition) is 1. The Hall–Kier alpha value is -3.90. The van der Waals surface area contributed by atoms with Crippen LogP contribution in [0.4, 0.5) is 0 Å². The van der Waals surface area contributed by atoms with E-state index in [2.05, 4.69) is 6.92 Å². The van der Waals surface area contributed by atoms with Gasteiger partial charge >= 0.3 is 0 Å². The third-order valence-electron chi connectivity index (χ3n) is 6.93. The second-order valence-electron chi connectivity index (χ2n) is 10.00. The van der Waals surface area contributed by atoms with E-state index in [1.165, 1.54) is 5.56 Å². The molecule has 6 heteroatoms. The number of ether oxygens (including phenoxy) is 1. The number of carbonyl (C=O) groups excluding carboxylic acids is 2. The molecule has 1 aliphatic rings. The van der Waals surface area contributed by atoms with Crippen molar-refractivity contribution in [3.63, 3.8) is 0 Å². The molecule has 0 bridgehead atoms. The Morgan fingerprint density at radius 2 is 1.68 bits per heavy atom. The Morgan fingerprint density at radius 1 is 0.974 bits per heavy atom. The van der Waals surface area contributed by atoms with E-state index in [4.69, 9.17) is 4.74 Å². The van der Waals surface area contributed by atoms with Crippen LogP contribution in [0.3, 0.4) is 0 Å². The summed E-state index contributed by atoms with van der Waals surface area (Å²) in [6.45, 7) is 5.62. The summed E-state index contributed by atoms with van der Waals surface area (Å²) < 4.78 is 5.98. The Kier molecular flexibility index (Phi) is 8.64. The molecule has 0 saturated carbocycles. The van der Waals surface area contributed by atoms with Gasteiger partial charge in [0.1, 0.15) is 18.1 Å². The fraction of sp³-hybridized carbons (Fsp3) is 0.312. The smallest absolute Gasteiger partial charge is 0.295 e. The van der Waals surface area contributed by atoms with Gasteiger partial charge in [-0.3, -0.25) is 9.59 Å². The van der Waals surface area contributed by atoms with E-state index in [0.29, 0.717) is 24.5 Å². The largest absolute Gasteiger partial charge is 0.507 e. The number of amides is 1. The van der Waals surface area contributed by atoms with Crippen molar-refractivity contribution in [2.75, 3.05) is 27.2 Å². The highest BCUT2D eigenvalue weighted by atomic mass is 16.5. The quantitative estimate of drug-likeness (QED) is 0.220. The maximum atomic E-state index is 13.3. The highest BCUT2D eigenvalue weighted by Gasteiger charge is 2.45. The molecule has 1 saturated heterocycles. The Labute approximate surface area is 225 Å². The first-order chi connectivity index (χ1) is 18.3. The number of nitrogens with zero attached hydrogens (tertiary/aromatic N) is 2. The van der Waals surface area contributed by atoms with Gasteiger partial charge in [0.05, 0.1) is 11.6 Å². The standard InChI is InChI=1S/C32H36N2O4/c1-5-23-12-14-25(15-13-23)29-28(31(36)32(37)34(29)19-9-18-33(3)4)30(35)26-16-17-27(22(2)20-26)38-21-24-10-7-6-8-11-24/h6-8,10-17,20,29,35H,5,9,18-19,21H2,1-4H3/t29-/m0/s1. The second-order valence-corrected chi connectivity index (χ2v) is 10.00. The summed E-state index contributed by atoms with van der Waals surface area (Å²) in [4.78, 5) is 30.1. The molecule has 0 aromatic heterocycles. The molecular weight excluding hydrogens is 476 g/mol. The summed E-state index contributed by atoms with van der Waals surface area (Å²) in [6.07, 6.45) is 1.61. The minimum atomic E-state index is -0.654. The van der Waals surface area contributed by atoms with Crippen LogP contribution in [0.2, 0.25) is 0 Å². The molecule has 1 N–H and O–H groups in total. The van der Waals surface area contributed by atoms with Crippen LogP contribution in [0.25, 0.3) is 5.76 Å². The molecule has 0 spiro atoms. The van der Waals surface area contributed by atoms with Crippen LogP contribution in [0.1, 0.15) is 47.2 Å². The number of likely N-dealkylation sites (tertiary alicyclic amines) is 1. The van der Waals surface area contributed by atoms with E-state index < -0.39 is 17.7 Å². The molecule has 3 aromatic rings. The molecule has 6 nitrogen and oxygen atoms in total. The summed E-state index contributed by atoms with van der Waals surface area (Å²) in [5, 5.41) is 11.4. The molecular formula is C32H36N2O4. The van der Waals surface area contributed by atoms with Gasteiger partial charge in [0.25, 0.3) is 11.7 Å². The van der Waals surface area contributed by atoms with Gasteiger partial charge in [-0.25, -0.2) is 0 Å². The number of rotatable bonds is 10. The Morgan fingerprint density at radius 3 is 2.32 bits per heavy atom. The first-order valence-electron chi connectivity index (χ1n) is 13.1. The molecule has 1 atom stereocenters. The number of aliphatic hydroxyl groups excluding tert-OH is 1. The summed E-state index contributed by atoms with van der Waals surface area (Å²) in [5.74, 6) is -0.699. The predicted octanol–water partition coefficient (Wildman–Crippen LogP) is 5.51. The van der Waals surface area contributed by atoms with Gasteiger partial charge in [0, 0.05) is 12.1 Å². The fourth-order valence-electron chi connectivity index (χ4n) is 4.80. The van der Waals surface area contributed by atoms with Crippen molar-refractivity contribution in [2.24, 2.45) is 0 Å². The average molecular weight is 513 g/mol. The SMILES string of the molecule is CCc1ccc([C@H]2C(=C(O)c3ccc(OCc4ccccc4)c(C)c3)C(=O)C(=O)N2CCCN(C)C)cc1. The lowest BCUT2D eigenvalue weighted by Gasteiger charge is -2.26. The first kappa shape index (κ1) is 27.1. The molecule has 0 radical (unpaired) electrons. The number of aryl methyl sites for hydroxylation is 2. The zero-order chi connectivity index (χ0) is 27.2. The molecule has 198 valence electrons. The number of benzene rings is 3. The average Bonchev–Trinajstić information content (AvgIpc) is 3.17. The number of aliphatic hydroxyl groups is 1. The van der Waals surface area contributed by atoms with Crippen LogP contribution in [0.5, 0.6) is 5.75 Å². The number of Topliss-reactive ketones (excluding diaryl/α,β-unsaturated/α-hetero) is 1. The third kappa shape index (κ3) is 5.97. The van der Waals surface area contributed by atoms with Crippen LogP contribution in [0.15, 0.2) is 78.4 Å². The Balaban J connectivity index is 1.68. The highest BCUT2D eigenvalue weighted by Crippen LogP contribution is 2.40. The normalized spacial score (nSPS) is 16.9. The van der Waals surface area contributed by atoms with Gasteiger partial charge in [-0.05, 0) is 80.9 Å². The molecule has 1 aliphatic heterocycles. The van der Waals surface area contributed by atoms with Gasteiger partial charge in [0.15, 0.2) is 0 Å². The molecule has 1 heterocycles. The van der Waals surface area contributed by atoms with Crippen LogP contribution in [-0.2, 0) is 22.6 Å². The molecule has 1 fully saturated rings. The van der Waals surface area contributed by atoms with Crippen molar-refractivity contribution in [3.8, 4) is 5.75 Å². The maximum Gasteiger partial charge on any atom is 0.295 e. The molecule has 0 aliphatic carbocycles. The summed E-state index contributed by atoms with van der Waals surface area (Å²) in [7, 11) is 3.95. The molecule has 0 unspecified atom stereocenters. The summed E-state index contributed by atoms with van der Waals surface area (Å²) in [5.41, 5.74) is 4.47. The Bertz CT molecular complexity index is 1310. The van der Waals surface area contributed by atoms with E-state index in [1.807, 2.05) is 80.5 Å². The third-order valence-corrected chi connectivity index (χ3v) is 6.93. The van der Waals surface area contributed by atoms with E-state index >= 15 is 0 Å². The lowest BCUT2D eigenvalue weighted by Crippen LogP contribution is -2.32. The van der Waals surface area contributed by atoms with E-state index in [1.54, 1.807) is 23.1 Å². The van der Waals surface area contributed by atoms with E-state index in [-0.39, 0.29) is 11.3 Å². The lowest BCUT2D eigenvalue weighted by atomic mass is 9.94. The minimum absolute atomic E-state index is 0.126. The zero-order valence-electron chi connectivity index (χ0n) is 22.6. The zero-order valence-corrected chi connectivity index (χ0v) is 22.6. The van der Waals surface area contributed by atoms with Crippen LogP contribution >= 0.6 is 0 Å². The molecule has 38 heavy (non-hydrogen) atoms. The molecule has 1 amide bonds. The minimum Gasteiger partial charge on any atom is -0.507 e. The fourth-order valence-corrected chi connectivity index (χ4v) is 4.80. The highest BCUT2D eigenvalue weighted by molar-refractivity contribution is 6.46. The topological polar surface area (TPSA) is 70.1 Å². The molecule has 3 aromatic carbocycles. The summed E-state index contributed by atoms with van der Waals surface area (Å²) >= 11 is 0. The maximum absolute atomic E-state index is 13.3. The number of ketones is 1.